The summed E-state index contributed by atoms with van der Waals surface area (Å²) >= 11 is 0. The molecule has 1 aliphatic carbocycles. The first-order chi connectivity index (χ1) is 16.5. The molecule has 1 N–H and O–H groups in total. The monoisotopic (exact) mass is 457 g/mol. The van der Waals surface area contributed by atoms with E-state index in [4.69, 9.17) is 0 Å². The van der Waals surface area contributed by atoms with Gasteiger partial charge in [-0.15, -0.1) is 0 Å². The molecule has 0 saturated heterocycles. The minimum Gasteiger partial charge on any atom is -0.388 e. The van der Waals surface area contributed by atoms with Crippen LogP contribution in [0.15, 0.2) is 72.8 Å². The molecule has 0 radical (unpaired) electrons. The number of hydrogen-bond acceptors (Lipinski definition) is 3. The molecular formula is C30H35NO3. The van der Waals surface area contributed by atoms with Gasteiger partial charge in [0.25, 0.3) is 5.69 Å². The lowest BCUT2D eigenvalue weighted by Gasteiger charge is -2.30. The normalized spacial score (nSPS) is 19.0. The summed E-state index contributed by atoms with van der Waals surface area (Å²) in [6, 6.07) is 24.2. The van der Waals surface area contributed by atoms with Crippen molar-refractivity contribution < 1.29 is 10.0 Å². The number of non-ortho nitro benzene ring substituents is 1. The molecule has 1 fully saturated rings. The first-order valence-electron chi connectivity index (χ1n) is 12.6. The standard InChI is InChI=1S/C30H35NO3/c1-2-3-4-22-5-9-24(10-6-22)26-13-15-28(16-14-26)30(32)21-23-7-11-25(12-8-23)27-17-19-29(20-18-27)31(33)34/h5-6,9-10,13-20,23,25,30,32H,2-4,7-8,11-12,21H2,1H3/t23-,25-,30?. The molecule has 3 aromatic carbocycles. The molecule has 34 heavy (non-hydrogen) atoms. The maximum Gasteiger partial charge on any atom is 0.269 e. The van der Waals surface area contributed by atoms with Crippen LogP contribution in [-0.2, 0) is 6.42 Å². The van der Waals surface area contributed by atoms with E-state index < -0.39 is 6.10 Å². The Morgan fingerprint density at radius 3 is 2.03 bits per heavy atom. The Hall–Kier alpha value is -2.98. The van der Waals surface area contributed by atoms with Gasteiger partial charge in [-0.3, -0.25) is 10.1 Å². The lowest BCUT2D eigenvalue weighted by atomic mass is 9.76. The van der Waals surface area contributed by atoms with E-state index in [-0.39, 0.29) is 10.6 Å². The Labute approximate surface area is 202 Å². The second-order valence-electron chi connectivity index (χ2n) is 9.74. The van der Waals surface area contributed by atoms with Gasteiger partial charge in [0.05, 0.1) is 11.0 Å². The van der Waals surface area contributed by atoms with E-state index in [1.807, 2.05) is 12.1 Å². The zero-order chi connectivity index (χ0) is 23.9. The molecule has 0 amide bonds. The molecule has 0 bridgehead atoms. The smallest absolute Gasteiger partial charge is 0.269 e. The fraction of sp³-hybridized carbons (Fsp3) is 0.400. The van der Waals surface area contributed by atoms with Crippen LogP contribution in [0, 0.1) is 16.0 Å². The summed E-state index contributed by atoms with van der Waals surface area (Å²) in [4.78, 5) is 10.5. The maximum absolute atomic E-state index is 10.9. The van der Waals surface area contributed by atoms with Gasteiger partial charge in [-0.2, -0.15) is 0 Å². The molecule has 0 spiro atoms. The van der Waals surface area contributed by atoms with Crippen LogP contribution in [0.3, 0.4) is 0 Å². The summed E-state index contributed by atoms with van der Waals surface area (Å²) in [7, 11) is 0. The zero-order valence-corrected chi connectivity index (χ0v) is 20.0. The van der Waals surface area contributed by atoms with Crippen LogP contribution in [0.5, 0.6) is 0 Å². The van der Waals surface area contributed by atoms with Crippen LogP contribution in [-0.4, -0.2) is 10.0 Å². The number of aliphatic hydroxyl groups is 1. The van der Waals surface area contributed by atoms with Gasteiger partial charge in [-0.1, -0.05) is 74.0 Å². The van der Waals surface area contributed by atoms with Crippen LogP contribution in [0.25, 0.3) is 11.1 Å². The van der Waals surface area contributed by atoms with E-state index in [1.165, 1.54) is 35.1 Å². The summed E-state index contributed by atoms with van der Waals surface area (Å²) in [6.45, 7) is 2.22. The molecule has 3 aromatic rings. The molecule has 1 unspecified atom stereocenters. The van der Waals surface area contributed by atoms with Crippen LogP contribution >= 0.6 is 0 Å². The Morgan fingerprint density at radius 1 is 0.882 bits per heavy atom. The van der Waals surface area contributed by atoms with E-state index in [0.29, 0.717) is 11.8 Å². The number of nitrogens with zero attached hydrogens (tertiary/aromatic N) is 1. The van der Waals surface area contributed by atoms with Crippen LogP contribution in [0.4, 0.5) is 5.69 Å². The van der Waals surface area contributed by atoms with E-state index in [1.54, 1.807) is 12.1 Å². The molecule has 1 aliphatic rings. The Balaban J connectivity index is 1.28. The van der Waals surface area contributed by atoms with Gasteiger partial charge >= 0.3 is 0 Å². The summed E-state index contributed by atoms with van der Waals surface area (Å²) < 4.78 is 0. The van der Waals surface area contributed by atoms with Crippen molar-refractivity contribution in [3.8, 4) is 11.1 Å². The van der Waals surface area contributed by atoms with Gasteiger partial charge in [-0.05, 0) is 84.6 Å². The van der Waals surface area contributed by atoms with Crippen LogP contribution in [0.1, 0.15) is 80.6 Å². The molecule has 1 saturated carbocycles. The highest BCUT2D eigenvalue weighted by molar-refractivity contribution is 5.64. The summed E-state index contributed by atoms with van der Waals surface area (Å²) in [6.07, 6.45) is 8.24. The number of benzene rings is 3. The van der Waals surface area contributed by atoms with E-state index in [0.717, 1.165) is 44.1 Å². The highest BCUT2D eigenvalue weighted by Crippen LogP contribution is 2.39. The molecule has 0 aromatic heterocycles. The summed E-state index contributed by atoms with van der Waals surface area (Å²) in [5, 5.41) is 21.7. The predicted octanol–water partition coefficient (Wildman–Crippen LogP) is 8.00. The second kappa shape index (κ2) is 11.4. The number of unbranched alkanes of at least 4 members (excludes halogenated alkanes) is 1. The predicted molar refractivity (Wildman–Crippen MR) is 138 cm³/mol. The van der Waals surface area contributed by atoms with Crippen molar-refractivity contribution in [3.05, 3.63) is 99.6 Å². The lowest BCUT2D eigenvalue weighted by molar-refractivity contribution is -0.384. The largest absolute Gasteiger partial charge is 0.388 e. The third-order valence-corrected chi connectivity index (χ3v) is 7.38. The van der Waals surface area contributed by atoms with Crippen molar-refractivity contribution in [2.24, 2.45) is 5.92 Å². The van der Waals surface area contributed by atoms with Crippen molar-refractivity contribution in [2.75, 3.05) is 0 Å². The maximum atomic E-state index is 10.9. The topological polar surface area (TPSA) is 63.4 Å². The molecule has 0 aliphatic heterocycles. The highest BCUT2D eigenvalue weighted by Gasteiger charge is 2.25. The van der Waals surface area contributed by atoms with Gasteiger partial charge < -0.3 is 5.11 Å². The Kier molecular flexibility index (Phi) is 8.12. The first kappa shape index (κ1) is 24.2. The van der Waals surface area contributed by atoms with Gasteiger partial charge in [0, 0.05) is 12.1 Å². The van der Waals surface area contributed by atoms with Crippen molar-refractivity contribution >= 4 is 5.69 Å². The van der Waals surface area contributed by atoms with Gasteiger partial charge in [0.2, 0.25) is 0 Å². The minimum atomic E-state index is -0.439. The Bertz CT molecular complexity index is 1050. The second-order valence-corrected chi connectivity index (χ2v) is 9.74. The fourth-order valence-corrected chi connectivity index (χ4v) is 5.19. The summed E-state index contributed by atoms with van der Waals surface area (Å²) in [5.74, 6) is 0.974. The minimum absolute atomic E-state index is 0.149. The molecule has 4 heteroatoms. The molecule has 1 atom stereocenters. The molecule has 0 heterocycles. The van der Waals surface area contributed by atoms with Crippen LogP contribution < -0.4 is 0 Å². The lowest BCUT2D eigenvalue weighted by Crippen LogP contribution is -2.16. The average molecular weight is 458 g/mol. The number of nitro groups is 1. The molecule has 4 nitrogen and oxygen atoms in total. The van der Waals surface area contributed by atoms with Gasteiger partial charge in [0.15, 0.2) is 0 Å². The van der Waals surface area contributed by atoms with Crippen molar-refractivity contribution in [3.63, 3.8) is 0 Å². The number of rotatable bonds is 9. The fourth-order valence-electron chi connectivity index (χ4n) is 5.19. The third kappa shape index (κ3) is 6.12. The third-order valence-electron chi connectivity index (χ3n) is 7.38. The quantitative estimate of drug-likeness (QED) is 0.261. The number of hydrogen-bond donors (Lipinski definition) is 1. The van der Waals surface area contributed by atoms with E-state index in [2.05, 4.69) is 55.5 Å². The van der Waals surface area contributed by atoms with Gasteiger partial charge in [-0.25, -0.2) is 0 Å². The zero-order valence-electron chi connectivity index (χ0n) is 20.0. The van der Waals surface area contributed by atoms with E-state index >= 15 is 0 Å². The van der Waals surface area contributed by atoms with Crippen molar-refractivity contribution in [1.82, 2.24) is 0 Å². The average Bonchev–Trinajstić information content (AvgIpc) is 2.88. The first-order valence-corrected chi connectivity index (χ1v) is 12.6. The van der Waals surface area contributed by atoms with Crippen molar-refractivity contribution in [2.45, 2.75) is 70.3 Å². The highest BCUT2D eigenvalue weighted by atomic mass is 16.6. The van der Waals surface area contributed by atoms with Crippen LogP contribution in [0.2, 0.25) is 0 Å². The van der Waals surface area contributed by atoms with E-state index in [9.17, 15) is 15.2 Å². The number of nitro benzene ring substituents is 1. The summed E-state index contributed by atoms with van der Waals surface area (Å²) in [5.41, 5.74) is 6.11. The van der Waals surface area contributed by atoms with Gasteiger partial charge in [0.1, 0.15) is 0 Å². The Morgan fingerprint density at radius 2 is 1.47 bits per heavy atom. The molecule has 4 rings (SSSR count). The van der Waals surface area contributed by atoms with Crippen molar-refractivity contribution in [1.29, 1.82) is 0 Å². The SMILES string of the molecule is CCCCc1ccc(-c2ccc(C(O)C[C@H]3CC[C@H](c4ccc([N+](=O)[O-])cc4)CC3)cc2)cc1. The number of aliphatic hydroxyl groups excluding tert-OH is 1. The number of aryl methyl sites for hydroxylation is 1. The molecule has 178 valence electrons. The molecular weight excluding hydrogens is 422 g/mol.